The van der Waals surface area contributed by atoms with E-state index >= 15 is 0 Å². The number of aliphatic hydroxyl groups excluding tert-OH is 1. The minimum atomic E-state index is -0.134. The van der Waals surface area contributed by atoms with E-state index in [2.05, 4.69) is 58.7 Å². The maximum absolute atomic E-state index is 9.57. The van der Waals surface area contributed by atoms with Crippen LogP contribution in [0.5, 0.6) is 0 Å². The van der Waals surface area contributed by atoms with Gasteiger partial charge >= 0.3 is 0 Å². The summed E-state index contributed by atoms with van der Waals surface area (Å²) in [4.78, 5) is 2.32. The molecule has 120 valence electrons. The summed E-state index contributed by atoms with van der Waals surface area (Å²) < 4.78 is 0. The third-order valence-electron chi connectivity index (χ3n) is 4.18. The quantitative estimate of drug-likeness (QED) is 0.672. The van der Waals surface area contributed by atoms with E-state index in [9.17, 15) is 5.11 Å². The molecule has 0 unspecified atom stereocenters. The topological polar surface area (TPSA) is 47.9 Å². The third-order valence-corrected chi connectivity index (χ3v) is 4.18. The molecule has 2 aromatic rings. The number of hydrazone groups is 1. The smallest absolute Gasteiger partial charge is 0.0574 e. The highest BCUT2D eigenvalue weighted by atomic mass is 16.3. The Balaban J connectivity index is 1.56. The van der Waals surface area contributed by atoms with Crippen LogP contribution in [0.3, 0.4) is 0 Å². The van der Waals surface area contributed by atoms with Crippen LogP contribution < -0.4 is 10.3 Å². The van der Waals surface area contributed by atoms with Crippen molar-refractivity contribution in [3.8, 4) is 0 Å². The number of nitrogens with one attached hydrogen (secondary N) is 1. The van der Waals surface area contributed by atoms with Gasteiger partial charge in [0.15, 0.2) is 0 Å². The molecule has 23 heavy (non-hydrogen) atoms. The van der Waals surface area contributed by atoms with Crippen LogP contribution in [0.4, 0.5) is 11.4 Å². The van der Waals surface area contributed by atoms with E-state index in [0.29, 0.717) is 0 Å². The molecule has 0 radical (unpaired) electrons. The summed E-state index contributed by atoms with van der Waals surface area (Å²) >= 11 is 0. The summed E-state index contributed by atoms with van der Waals surface area (Å²) in [6.07, 6.45) is 3.39. The Labute approximate surface area is 137 Å². The molecule has 2 N–H and O–H groups in total. The Kier molecular flexibility index (Phi) is 4.93. The number of benzene rings is 2. The summed E-state index contributed by atoms with van der Waals surface area (Å²) in [6.45, 7) is 3.91. The highest BCUT2D eigenvalue weighted by Crippen LogP contribution is 2.20. The molecule has 0 spiro atoms. The van der Waals surface area contributed by atoms with Gasteiger partial charge in [-0.1, -0.05) is 29.8 Å². The van der Waals surface area contributed by atoms with Crippen molar-refractivity contribution in [1.29, 1.82) is 0 Å². The molecule has 4 heteroatoms. The van der Waals surface area contributed by atoms with Crippen LogP contribution in [0.25, 0.3) is 0 Å². The molecule has 3 rings (SSSR count). The number of piperidine rings is 1. The standard InChI is InChI=1S/C19H23N3O/c1-15-2-6-17(7-3-15)21-20-14-16-4-8-18(9-5-16)22-12-10-19(23)11-13-22/h2-9,14,19,21,23H,10-13H2,1H3. The molecule has 1 fully saturated rings. The van der Waals surface area contributed by atoms with Gasteiger partial charge in [0.2, 0.25) is 0 Å². The van der Waals surface area contributed by atoms with Crippen molar-refractivity contribution in [2.75, 3.05) is 23.4 Å². The lowest BCUT2D eigenvalue weighted by molar-refractivity contribution is 0.145. The normalized spacial score (nSPS) is 16.0. The molecule has 1 saturated heterocycles. The molecule has 1 aliphatic rings. The molecule has 0 saturated carbocycles. The zero-order valence-corrected chi connectivity index (χ0v) is 13.4. The number of nitrogens with zero attached hydrogens (tertiary/aromatic N) is 2. The van der Waals surface area contributed by atoms with E-state index in [1.54, 1.807) is 0 Å². The second-order valence-corrected chi connectivity index (χ2v) is 6.05. The predicted octanol–water partition coefficient (Wildman–Crippen LogP) is 3.40. The Bertz CT molecular complexity index is 641. The number of rotatable bonds is 4. The van der Waals surface area contributed by atoms with Gasteiger partial charge in [0.25, 0.3) is 0 Å². The molecule has 0 aromatic heterocycles. The Morgan fingerprint density at radius 1 is 1.04 bits per heavy atom. The minimum Gasteiger partial charge on any atom is -0.393 e. The molecular weight excluding hydrogens is 286 g/mol. The molecule has 0 bridgehead atoms. The summed E-state index contributed by atoms with van der Waals surface area (Å²) in [5.41, 5.74) is 7.52. The van der Waals surface area contributed by atoms with Gasteiger partial charge in [-0.2, -0.15) is 5.10 Å². The molecule has 4 nitrogen and oxygen atoms in total. The van der Waals surface area contributed by atoms with Crippen molar-refractivity contribution >= 4 is 17.6 Å². The largest absolute Gasteiger partial charge is 0.393 e. The van der Waals surface area contributed by atoms with Crippen LogP contribution >= 0.6 is 0 Å². The van der Waals surface area contributed by atoms with Crippen LogP contribution in [0.1, 0.15) is 24.0 Å². The van der Waals surface area contributed by atoms with E-state index < -0.39 is 0 Å². The van der Waals surface area contributed by atoms with Crippen molar-refractivity contribution in [3.63, 3.8) is 0 Å². The predicted molar refractivity (Wildman–Crippen MR) is 96.3 cm³/mol. The summed E-state index contributed by atoms with van der Waals surface area (Å²) in [5.74, 6) is 0. The fourth-order valence-corrected chi connectivity index (χ4v) is 2.70. The Hall–Kier alpha value is -2.33. The molecule has 1 heterocycles. The zero-order chi connectivity index (χ0) is 16.1. The first-order valence-electron chi connectivity index (χ1n) is 8.09. The summed E-state index contributed by atoms with van der Waals surface area (Å²) in [5, 5.41) is 13.8. The molecule has 0 amide bonds. The fraction of sp³-hybridized carbons (Fsp3) is 0.316. The van der Waals surface area contributed by atoms with Gasteiger partial charge in [-0.25, -0.2) is 0 Å². The number of aryl methyl sites for hydroxylation is 1. The first-order valence-corrected chi connectivity index (χ1v) is 8.09. The first-order chi connectivity index (χ1) is 11.2. The molecular formula is C19H23N3O. The first kappa shape index (κ1) is 15.6. The van der Waals surface area contributed by atoms with Gasteiger partial charge in [0.05, 0.1) is 18.0 Å². The number of hydrogen-bond acceptors (Lipinski definition) is 4. The van der Waals surface area contributed by atoms with E-state index in [1.807, 2.05) is 18.3 Å². The maximum Gasteiger partial charge on any atom is 0.0574 e. The van der Waals surface area contributed by atoms with Gasteiger partial charge in [-0.05, 0) is 49.6 Å². The minimum absolute atomic E-state index is 0.134. The van der Waals surface area contributed by atoms with E-state index in [0.717, 1.165) is 37.2 Å². The van der Waals surface area contributed by atoms with Gasteiger partial charge in [0.1, 0.15) is 0 Å². The van der Waals surface area contributed by atoms with Gasteiger partial charge in [0, 0.05) is 18.8 Å². The third kappa shape index (κ3) is 4.33. The second kappa shape index (κ2) is 7.29. The number of anilines is 2. The highest BCUT2D eigenvalue weighted by Gasteiger charge is 2.16. The lowest BCUT2D eigenvalue weighted by Gasteiger charge is -2.31. The Morgan fingerprint density at radius 2 is 1.70 bits per heavy atom. The van der Waals surface area contributed by atoms with Crippen LogP contribution in [0, 0.1) is 6.92 Å². The monoisotopic (exact) mass is 309 g/mol. The maximum atomic E-state index is 9.57. The van der Waals surface area contributed by atoms with E-state index in [1.165, 1.54) is 11.3 Å². The summed E-state index contributed by atoms with van der Waals surface area (Å²) in [6, 6.07) is 16.5. The van der Waals surface area contributed by atoms with E-state index in [4.69, 9.17) is 0 Å². The SMILES string of the molecule is Cc1ccc(NN=Cc2ccc(N3CCC(O)CC3)cc2)cc1. The van der Waals surface area contributed by atoms with Gasteiger partial charge in [-0.15, -0.1) is 0 Å². The van der Waals surface area contributed by atoms with Crippen molar-refractivity contribution in [2.24, 2.45) is 5.10 Å². The highest BCUT2D eigenvalue weighted by molar-refractivity contribution is 5.81. The van der Waals surface area contributed by atoms with E-state index in [-0.39, 0.29) is 6.10 Å². The molecule has 1 aliphatic heterocycles. The Morgan fingerprint density at radius 3 is 2.35 bits per heavy atom. The van der Waals surface area contributed by atoms with Gasteiger partial charge < -0.3 is 10.0 Å². The van der Waals surface area contributed by atoms with Crippen molar-refractivity contribution in [2.45, 2.75) is 25.9 Å². The number of aliphatic hydroxyl groups is 1. The van der Waals surface area contributed by atoms with Crippen LogP contribution in [0.15, 0.2) is 53.6 Å². The van der Waals surface area contributed by atoms with Crippen molar-refractivity contribution in [1.82, 2.24) is 0 Å². The average Bonchev–Trinajstić information content (AvgIpc) is 2.58. The van der Waals surface area contributed by atoms with Crippen LogP contribution in [-0.2, 0) is 0 Å². The van der Waals surface area contributed by atoms with Crippen molar-refractivity contribution < 1.29 is 5.11 Å². The van der Waals surface area contributed by atoms with Crippen LogP contribution in [0.2, 0.25) is 0 Å². The average molecular weight is 309 g/mol. The van der Waals surface area contributed by atoms with Crippen LogP contribution in [-0.4, -0.2) is 30.5 Å². The van der Waals surface area contributed by atoms with Gasteiger partial charge in [-0.3, -0.25) is 5.43 Å². The molecule has 0 aliphatic carbocycles. The number of hydrogen-bond donors (Lipinski definition) is 2. The second-order valence-electron chi connectivity index (χ2n) is 6.05. The molecule has 0 atom stereocenters. The zero-order valence-electron chi connectivity index (χ0n) is 13.4. The molecule has 2 aromatic carbocycles. The lowest BCUT2D eigenvalue weighted by Crippen LogP contribution is -2.35. The summed E-state index contributed by atoms with van der Waals surface area (Å²) in [7, 11) is 0. The lowest BCUT2D eigenvalue weighted by atomic mass is 10.1. The fourth-order valence-electron chi connectivity index (χ4n) is 2.70. The van der Waals surface area contributed by atoms with Crippen molar-refractivity contribution in [3.05, 3.63) is 59.7 Å².